The number of rotatable bonds is 5. The summed E-state index contributed by atoms with van der Waals surface area (Å²) in [5.41, 5.74) is 3.65. The second kappa shape index (κ2) is 7.91. The van der Waals surface area contributed by atoms with Gasteiger partial charge in [-0.3, -0.25) is 9.59 Å². The number of hydrogen-bond donors (Lipinski definition) is 1. The molecule has 27 heavy (non-hydrogen) atoms. The lowest BCUT2D eigenvalue weighted by atomic mass is 10.1. The van der Waals surface area contributed by atoms with E-state index in [2.05, 4.69) is 5.32 Å². The number of para-hydroxylation sites is 1. The van der Waals surface area contributed by atoms with Gasteiger partial charge in [0.05, 0.1) is 6.54 Å². The summed E-state index contributed by atoms with van der Waals surface area (Å²) >= 11 is 0. The molecule has 1 N–H and O–H groups in total. The minimum absolute atomic E-state index is 0.0311. The number of nitrogens with one attached hydrogen (secondary N) is 1. The number of fused-ring (bicyclic) bond motifs is 1. The number of hydrogen-bond acceptors (Lipinski definition) is 3. The molecule has 138 valence electrons. The lowest BCUT2D eigenvalue weighted by Gasteiger charge is -2.16. The first-order valence-electron chi connectivity index (χ1n) is 8.72. The summed E-state index contributed by atoms with van der Waals surface area (Å²) in [6, 6.07) is 15.2. The third-order valence-electron chi connectivity index (χ3n) is 4.47. The molecule has 0 aliphatic heterocycles. The van der Waals surface area contributed by atoms with Gasteiger partial charge in [0.15, 0.2) is 0 Å². The number of benzene rings is 2. The van der Waals surface area contributed by atoms with Gasteiger partial charge in [0.1, 0.15) is 11.3 Å². The summed E-state index contributed by atoms with van der Waals surface area (Å²) in [6.45, 7) is 3.91. The van der Waals surface area contributed by atoms with Gasteiger partial charge in [-0.25, -0.2) is 0 Å². The molecule has 0 saturated heterocycles. The topological polar surface area (TPSA) is 62.6 Å². The Hall–Kier alpha value is -3.34. The van der Waals surface area contributed by atoms with Crippen molar-refractivity contribution < 1.29 is 14.0 Å². The van der Waals surface area contributed by atoms with E-state index in [9.17, 15) is 9.59 Å². The van der Waals surface area contributed by atoms with Crippen LogP contribution in [0.4, 0.5) is 5.69 Å². The number of furan rings is 1. The van der Waals surface area contributed by atoms with E-state index in [1.54, 1.807) is 13.1 Å². The minimum atomic E-state index is -0.272. The van der Waals surface area contributed by atoms with E-state index in [0.29, 0.717) is 5.76 Å². The van der Waals surface area contributed by atoms with Crippen LogP contribution in [-0.2, 0) is 9.59 Å². The fraction of sp³-hybridized carbons (Fsp3) is 0.182. The van der Waals surface area contributed by atoms with Crippen molar-refractivity contribution in [3.05, 3.63) is 71.5 Å². The predicted octanol–water partition coefficient (Wildman–Crippen LogP) is 4.16. The van der Waals surface area contributed by atoms with Crippen molar-refractivity contribution in [2.24, 2.45) is 0 Å². The van der Waals surface area contributed by atoms with Crippen LogP contribution in [0.3, 0.4) is 0 Å². The zero-order valence-electron chi connectivity index (χ0n) is 15.7. The van der Waals surface area contributed by atoms with E-state index in [1.807, 2.05) is 62.4 Å². The van der Waals surface area contributed by atoms with Crippen molar-refractivity contribution in [2.45, 2.75) is 13.8 Å². The molecule has 1 heterocycles. The van der Waals surface area contributed by atoms with Gasteiger partial charge < -0.3 is 14.6 Å². The predicted molar refractivity (Wildman–Crippen MR) is 107 cm³/mol. The Morgan fingerprint density at radius 1 is 1.11 bits per heavy atom. The number of nitrogens with zero attached hydrogens (tertiary/aromatic N) is 1. The molecule has 0 unspecified atom stereocenters. The lowest BCUT2D eigenvalue weighted by Crippen LogP contribution is -2.34. The Morgan fingerprint density at radius 3 is 2.67 bits per heavy atom. The van der Waals surface area contributed by atoms with E-state index < -0.39 is 0 Å². The van der Waals surface area contributed by atoms with E-state index in [0.717, 1.165) is 27.8 Å². The maximum atomic E-state index is 12.3. The van der Waals surface area contributed by atoms with E-state index in [-0.39, 0.29) is 18.4 Å². The van der Waals surface area contributed by atoms with Gasteiger partial charge in [-0.15, -0.1) is 0 Å². The van der Waals surface area contributed by atoms with Gasteiger partial charge in [-0.1, -0.05) is 30.3 Å². The standard InChI is InChI=1S/C22H22N2O3/c1-15-7-6-9-19(16(15)2)23-21(25)14-24(3)22(26)12-11-18-13-17-8-4-5-10-20(17)27-18/h4-13H,14H2,1-3H3,(H,23,25)/b12-11+. The highest BCUT2D eigenvalue weighted by Crippen LogP contribution is 2.20. The lowest BCUT2D eigenvalue weighted by molar-refractivity contribution is -0.129. The SMILES string of the molecule is Cc1cccc(NC(=O)CN(C)C(=O)/C=C/c2cc3ccccc3o2)c1C. The van der Waals surface area contributed by atoms with Crippen LogP contribution in [0.5, 0.6) is 0 Å². The van der Waals surface area contributed by atoms with E-state index in [1.165, 1.54) is 11.0 Å². The fourth-order valence-corrected chi connectivity index (χ4v) is 2.73. The van der Waals surface area contributed by atoms with Gasteiger partial charge in [0, 0.05) is 24.2 Å². The molecule has 5 nitrogen and oxygen atoms in total. The third-order valence-corrected chi connectivity index (χ3v) is 4.47. The summed E-state index contributed by atoms with van der Waals surface area (Å²) in [5, 5.41) is 3.83. The zero-order valence-corrected chi connectivity index (χ0v) is 15.7. The molecular weight excluding hydrogens is 340 g/mol. The molecule has 3 rings (SSSR count). The molecule has 5 heteroatoms. The van der Waals surface area contributed by atoms with Crippen LogP contribution >= 0.6 is 0 Å². The second-order valence-corrected chi connectivity index (χ2v) is 6.51. The van der Waals surface area contributed by atoms with Crippen molar-refractivity contribution in [1.82, 2.24) is 4.90 Å². The first-order chi connectivity index (χ1) is 12.9. The molecule has 1 aromatic heterocycles. The zero-order chi connectivity index (χ0) is 19.4. The minimum Gasteiger partial charge on any atom is -0.457 e. The number of likely N-dealkylation sites (N-methyl/N-ethyl adjacent to an activating group) is 1. The van der Waals surface area contributed by atoms with Crippen molar-refractivity contribution in [3.63, 3.8) is 0 Å². The molecule has 0 aliphatic rings. The molecule has 0 aliphatic carbocycles. The van der Waals surface area contributed by atoms with Crippen molar-refractivity contribution in [1.29, 1.82) is 0 Å². The number of amides is 2. The monoisotopic (exact) mass is 362 g/mol. The second-order valence-electron chi connectivity index (χ2n) is 6.51. The first kappa shape index (κ1) is 18.5. The van der Waals surface area contributed by atoms with Crippen LogP contribution in [0.1, 0.15) is 16.9 Å². The maximum Gasteiger partial charge on any atom is 0.246 e. The van der Waals surface area contributed by atoms with Gasteiger partial charge >= 0.3 is 0 Å². The van der Waals surface area contributed by atoms with Gasteiger partial charge in [-0.2, -0.15) is 0 Å². The molecule has 0 bridgehead atoms. The van der Waals surface area contributed by atoms with Crippen LogP contribution in [-0.4, -0.2) is 30.3 Å². The highest BCUT2D eigenvalue weighted by atomic mass is 16.3. The molecule has 0 radical (unpaired) electrons. The number of aryl methyl sites for hydroxylation is 1. The van der Waals surface area contributed by atoms with Gasteiger partial charge in [0.2, 0.25) is 11.8 Å². The average Bonchev–Trinajstić information content (AvgIpc) is 3.06. The Balaban J connectivity index is 1.59. The summed E-state index contributed by atoms with van der Waals surface area (Å²) in [5.74, 6) is 0.0843. The molecule has 0 saturated carbocycles. The smallest absolute Gasteiger partial charge is 0.246 e. The largest absolute Gasteiger partial charge is 0.457 e. The fourth-order valence-electron chi connectivity index (χ4n) is 2.73. The van der Waals surface area contributed by atoms with Crippen molar-refractivity contribution >= 4 is 34.5 Å². The third kappa shape index (κ3) is 4.44. The molecule has 3 aromatic rings. The van der Waals surface area contributed by atoms with Crippen LogP contribution in [0.2, 0.25) is 0 Å². The van der Waals surface area contributed by atoms with Gasteiger partial charge in [0.25, 0.3) is 0 Å². The Kier molecular flexibility index (Phi) is 5.41. The summed E-state index contributed by atoms with van der Waals surface area (Å²) < 4.78 is 5.65. The van der Waals surface area contributed by atoms with E-state index in [4.69, 9.17) is 4.42 Å². The number of carbonyl (C=O) groups is 2. The number of carbonyl (C=O) groups excluding carboxylic acids is 2. The highest BCUT2D eigenvalue weighted by Gasteiger charge is 2.12. The maximum absolute atomic E-state index is 12.3. The van der Waals surface area contributed by atoms with Crippen molar-refractivity contribution in [3.8, 4) is 0 Å². The Labute approximate surface area is 158 Å². The summed E-state index contributed by atoms with van der Waals surface area (Å²) in [7, 11) is 1.59. The van der Waals surface area contributed by atoms with Crippen LogP contribution < -0.4 is 5.32 Å². The van der Waals surface area contributed by atoms with Gasteiger partial charge in [-0.05, 0) is 49.2 Å². The molecule has 0 atom stereocenters. The normalized spacial score (nSPS) is 11.1. The molecule has 2 aromatic carbocycles. The first-order valence-corrected chi connectivity index (χ1v) is 8.72. The van der Waals surface area contributed by atoms with Crippen LogP contribution in [0.15, 0.2) is 59.0 Å². The van der Waals surface area contributed by atoms with Crippen molar-refractivity contribution in [2.75, 3.05) is 18.9 Å². The highest BCUT2D eigenvalue weighted by molar-refractivity contribution is 5.98. The summed E-state index contributed by atoms with van der Waals surface area (Å²) in [4.78, 5) is 25.9. The Morgan fingerprint density at radius 2 is 1.89 bits per heavy atom. The molecule has 0 spiro atoms. The van der Waals surface area contributed by atoms with Crippen LogP contribution in [0, 0.1) is 13.8 Å². The average molecular weight is 362 g/mol. The van der Waals surface area contributed by atoms with Crippen LogP contribution in [0.25, 0.3) is 17.0 Å². The quantitative estimate of drug-likeness (QED) is 0.693. The summed E-state index contributed by atoms with van der Waals surface area (Å²) in [6.07, 6.45) is 3.02. The molecule has 2 amide bonds. The molecular formula is C22H22N2O3. The Bertz CT molecular complexity index is 984. The molecule has 0 fully saturated rings. The number of anilines is 1. The van der Waals surface area contributed by atoms with E-state index >= 15 is 0 Å².